The van der Waals surface area contributed by atoms with E-state index in [9.17, 15) is 0 Å². The van der Waals surface area contributed by atoms with Gasteiger partial charge in [-0.3, -0.25) is 0 Å². The second-order valence-electron chi connectivity index (χ2n) is 7.13. The van der Waals surface area contributed by atoms with Crippen molar-refractivity contribution in [1.82, 2.24) is 20.2 Å². The molecule has 0 saturated carbocycles. The molecule has 0 aromatic carbocycles. The maximum absolute atomic E-state index is 5.64. The maximum Gasteiger partial charge on any atom is 0.169 e. The number of unbranched alkanes of at least 4 members (excludes halogenated alkanes) is 1. The molecule has 0 unspecified atom stereocenters. The van der Waals surface area contributed by atoms with Gasteiger partial charge in [0.05, 0.1) is 0 Å². The van der Waals surface area contributed by atoms with Gasteiger partial charge in [0.25, 0.3) is 0 Å². The second kappa shape index (κ2) is 9.17. The van der Waals surface area contributed by atoms with E-state index in [1.54, 1.807) is 0 Å². The highest BCUT2D eigenvalue weighted by atomic mass is 32.1. The lowest BCUT2D eigenvalue weighted by Crippen LogP contribution is -2.43. The molecule has 1 atom stereocenters. The fourth-order valence-electron chi connectivity index (χ4n) is 3.61. The number of aromatic amines is 1. The summed E-state index contributed by atoms with van der Waals surface area (Å²) in [5.41, 5.74) is 3.62. The van der Waals surface area contributed by atoms with Crippen molar-refractivity contribution >= 4 is 33.9 Å². The number of hydrogen-bond donors (Lipinski definition) is 2. The van der Waals surface area contributed by atoms with Crippen LogP contribution in [0.3, 0.4) is 0 Å². The Kier molecular flexibility index (Phi) is 6.67. The Labute approximate surface area is 162 Å². The maximum atomic E-state index is 5.64. The van der Waals surface area contributed by atoms with Crippen LogP contribution in [0.15, 0.2) is 30.6 Å². The Morgan fingerprint density at radius 1 is 1.42 bits per heavy atom. The third-order valence-electron chi connectivity index (χ3n) is 5.38. The number of nitrogens with zero attached hydrogens (tertiary/aromatic N) is 2. The van der Waals surface area contributed by atoms with Crippen LogP contribution in [0.1, 0.15) is 51.5 Å². The number of aromatic nitrogens is 2. The lowest BCUT2D eigenvalue weighted by molar-refractivity contribution is 0.415. The molecule has 1 aliphatic rings. The Morgan fingerprint density at radius 3 is 3.04 bits per heavy atom. The average Bonchev–Trinajstić information content (AvgIpc) is 3.12. The summed E-state index contributed by atoms with van der Waals surface area (Å²) in [7, 11) is 0. The first-order valence-electron chi connectivity index (χ1n) is 9.87. The van der Waals surface area contributed by atoms with Crippen LogP contribution < -0.4 is 5.32 Å². The van der Waals surface area contributed by atoms with Gasteiger partial charge in [-0.05, 0) is 48.7 Å². The number of hydrogen-bond acceptors (Lipinski definition) is 2. The van der Waals surface area contributed by atoms with Crippen LogP contribution in [-0.2, 0) is 0 Å². The summed E-state index contributed by atoms with van der Waals surface area (Å²) in [5, 5.41) is 5.61. The van der Waals surface area contributed by atoms with Crippen molar-refractivity contribution in [2.24, 2.45) is 5.92 Å². The number of thiocarbonyl (C=S) groups is 1. The van der Waals surface area contributed by atoms with Gasteiger partial charge in [0.2, 0.25) is 0 Å². The molecular weight excluding hydrogens is 340 g/mol. The van der Waals surface area contributed by atoms with Gasteiger partial charge in [-0.2, -0.15) is 0 Å². The van der Waals surface area contributed by atoms with Crippen LogP contribution in [0, 0.1) is 5.92 Å². The molecule has 3 heterocycles. The summed E-state index contributed by atoms with van der Waals surface area (Å²) in [6.45, 7) is 7.37. The normalized spacial score (nSPS) is 15.8. The van der Waals surface area contributed by atoms with Gasteiger partial charge in [0.1, 0.15) is 5.65 Å². The molecule has 0 saturated heterocycles. The zero-order valence-corrected chi connectivity index (χ0v) is 16.7. The van der Waals surface area contributed by atoms with Crippen LogP contribution in [0.5, 0.6) is 0 Å². The molecule has 2 aromatic heterocycles. The predicted molar refractivity (Wildman–Crippen MR) is 114 cm³/mol. The molecule has 0 radical (unpaired) electrons. The highest BCUT2D eigenvalue weighted by molar-refractivity contribution is 7.80. The fraction of sp³-hybridized carbons (Fsp3) is 0.524. The zero-order valence-electron chi connectivity index (χ0n) is 15.9. The largest absolute Gasteiger partial charge is 0.362 e. The summed E-state index contributed by atoms with van der Waals surface area (Å²) in [6.07, 6.45) is 12.3. The summed E-state index contributed by atoms with van der Waals surface area (Å²) in [5.74, 6) is 0.725. The minimum absolute atomic E-state index is 0.725. The molecule has 0 fully saturated rings. The third-order valence-corrected chi connectivity index (χ3v) is 5.78. The van der Waals surface area contributed by atoms with Crippen LogP contribution in [0.4, 0.5) is 0 Å². The molecule has 4 nitrogen and oxygen atoms in total. The summed E-state index contributed by atoms with van der Waals surface area (Å²) < 4.78 is 0. The summed E-state index contributed by atoms with van der Waals surface area (Å²) in [4.78, 5) is 9.93. The molecule has 2 N–H and O–H groups in total. The summed E-state index contributed by atoms with van der Waals surface area (Å²) >= 11 is 5.64. The van der Waals surface area contributed by atoms with Gasteiger partial charge in [0.15, 0.2) is 5.11 Å². The molecule has 0 amide bonds. The lowest BCUT2D eigenvalue weighted by Gasteiger charge is -2.30. The molecule has 140 valence electrons. The van der Waals surface area contributed by atoms with Crippen molar-refractivity contribution < 1.29 is 0 Å². The Morgan fingerprint density at radius 2 is 2.31 bits per heavy atom. The number of nitrogens with one attached hydrogen (secondary N) is 2. The molecule has 26 heavy (non-hydrogen) atoms. The highest BCUT2D eigenvalue weighted by Crippen LogP contribution is 2.28. The average molecular weight is 371 g/mol. The van der Waals surface area contributed by atoms with E-state index in [1.807, 2.05) is 12.3 Å². The minimum atomic E-state index is 0.725. The van der Waals surface area contributed by atoms with Crippen molar-refractivity contribution in [3.8, 4) is 0 Å². The van der Waals surface area contributed by atoms with Gasteiger partial charge in [-0.15, -0.1) is 0 Å². The van der Waals surface area contributed by atoms with Crippen LogP contribution in [0.25, 0.3) is 16.6 Å². The predicted octanol–water partition coefficient (Wildman–Crippen LogP) is 4.74. The minimum Gasteiger partial charge on any atom is -0.362 e. The third kappa shape index (κ3) is 4.44. The van der Waals surface area contributed by atoms with E-state index in [-0.39, 0.29) is 0 Å². The van der Waals surface area contributed by atoms with E-state index in [2.05, 4.69) is 52.4 Å². The Hall–Kier alpha value is -1.88. The van der Waals surface area contributed by atoms with E-state index in [4.69, 9.17) is 12.2 Å². The highest BCUT2D eigenvalue weighted by Gasteiger charge is 2.18. The van der Waals surface area contributed by atoms with Crippen LogP contribution >= 0.6 is 12.2 Å². The first-order valence-corrected chi connectivity index (χ1v) is 10.3. The van der Waals surface area contributed by atoms with Crippen LogP contribution in [-0.4, -0.2) is 39.6 Å². The van der Waals surface area contributed by atoms with Gasteiger partial charge >= 0.3 is 0 Å². The van der Waals surface area contributed by atoms with Gasteiger partial charge in [-0.1, -0.05) is 39.2 Å². The fourth-order valence-corrected chi connectivity index (χ4v) is 3.86. The number of fused-ring (bicyclic) bond motifs is 1. The zero-order chi connectivity index (χ0) is 18.4. The molecule has 0 spiro atoms. The smallest absolute Gasteiger partial charge is 0.169 e. The van der Waals surface area contributed by atoms with Gasteiger partial charge in [-0.25, -0.2) is 4.98 Å². The Bertz CT molecular complexity index is 764. The second-order valence-corrected chi connectivity index (χ2v) is 7.52. The first-order chi connectivity index (χ1) is 12.7. The molecule has 0 aliphatic carbocycles. The molecule has 2 aromatic rings. The Balaban J connectivity index is 1.56. The standard InChI is InChI=1S/C21H30N4S/c1-3-5-7-16(4-2)14-24-21(26)25-12-9-17(10-13-25)19-15-23-20-18(19)8-6-11-22-20/h6,8-9,11,15-16H,3-5,7,10,12-14H2,1-2H3,(H,22,23)(H,24,26)/t16-/m1/s1. The quantitative estimate of drug-likeness (QED) is 0.691. The van der Waals surface area contributed by atoms with Crippen molar-refractivity contribution in [1.29, 1.82) is 0 Å². The van der Waals surface area contributed by atoms with Crippen molar-refractivity contribution in [3.63, 3.8) is 0 Å². The van der Waals surface area contributed by atoms with Crippen LogP contribution in [0.2, 0.25) is 0 Å². The number of H-pyrrole nitrogens is 1. The van der Waals surface area contributed by atoms with E-state index in [0.29, 0.717) is 0 Å². The lowest BCUT2D eigenvalue weighted by atomic mass is 9.99. The van der Waals surface area contributed by atoms with Crippen molar-refractivity contribution in [2.45, 2.75) is 46.0 Å². The van der Waals surface area contributed by atoms with E-state index in [1.165, 1.54) is 42.2 Å². The SMILES string of the molecule is CCCC[C@@H](CC)CNC(=S)N1CC=C(c2c[nH]c3ncccc23)CC1. The topological polar surface area (TPSA) is 44.0 Å². The van der Waals surface area contributed by atoms with Gasteiger partial charge in [0, 0.05) is 43.0 Å². The monoisotopic (exact) mass is 370 g/mol. The van der Waals surface area contributed by atoms with Crippen molar-refractivity contribution in [2.75, 3.05) is 19.6 Å². The van der Waals surface area contributed by atoms with E-state index < -0.39 is 0 Å². The number of pyridine rings is 1. The molecule has 1 aliphatic heterocycles. The molecule has 0 bridgehead atoms. The van der Waals surface area contributed by atoms with Gasteiger partial charge < -0.3 is 15.2 Å². The van der Waals surface area contributed by atoms with E-state index in [0.717, 1.165) is 42.7 Å². The first kappa shape index (κ1) is 18.9. The summed E-state index contributed by atoms with van der Waals surface area (Å²) in [6, 6.07) is 4.13. The number of rotatable bonds is 7. The molecule has 5 heteroatoms. The molecular formula is C21H30N4S. The van der Waals surface area contributed by atoms with Crippen molar-refractivity contribution in [3.05, 3.63) is 36.2 Å². The van der Waals surface area contributed by atoms with E-state index >= 15 is 0 Å². The molecule has 3 rings (SSSR count).